The van der Waals surface area contributed by atoms with Crippen molar-refractivity contribution in [3.63, 3.8) is 0 Å². The minimum atomic E-state index is -0.0528. The first-order valence-electron chi connectivity index (χ1n) is 10.9. The number of aromatic nitrogens is 2. The smallest absolute Gasteiger partial charge is 0.261 e. The largest absolute Gasteiger partial charge is 0.493 e. The average molecular weight is 462 g/mol. The number of thiophene rings is 1. The first-order chi connectivity index (χ1) is 16.2. The van der Waals surface area contributed by atoms with Gasteiger partial charge in [-0.2, -0.15) is 0 Å². The number of carbonyl (C=O) groups excluding carboxylic acids is 1. The Morgan fingerprint density at radius 1 is 1.18 bits per heavy atom. The number of hydrogen-bond acceptors (Lipinski definition) is 5. The molecule has 0 bridgehead atoms. The summed E-state index contributed by atoms with van der Waals surface area (Å²) in [5, 5.41) is 4.88. The third-order valence-electron chi connectivity index (χ3n) is 5.29. The van der Waals surface area contributed by atoms with Gasteiger partial charge in [0, 0.05) is 13.0 Å². The number of hydrogen-bond donors (Lipinski definition) is 1. The molecule has 6 nitrogen and oxygen atoms in total. The molecule has 0 aliphatic rings. The SMILES string of the molecule is C=CCc1ccc(OCCn2c(CCNC(=O)c3cccs3)nc3ccccc32)c(OC)c1. The summed E-state index contributed by atoms with van der Waals surface area (Å²) in [6.45, 7) is 5.39. The summed E-state index contributed by atoms with van der Waals surface area (Å²) in [5.74, 6) is 2.28. The zero-order chi connectivity index (χ0) is 23.0. The first-order valence-corrected chi connectivity index (χ1v) is 11.7. The van der Waals surface area contributed by atoms with Gasteiger partial charge in [0.05, 0.1) is 29.6 Å². The van der Waals surface area contributed by atoms with Crippen molar-refractivity contribution in [1.82, 2.24) is 14.9 Å². The summed E-state index contributed by atoms with van der Waals surface area (Å²) in [5.41, 5.74) is 3.11. The Hall–Kier alpha value is -3.58. The highest BCUT2D eigenvalue weighted by molar-refractivity contribution is 7.12. The zero-order valence-corrected chi connectivity index (χ0v) is 19.4. The number of para-hydroxylation sites is 2. The van der Waals surface area contributed by atoms with E-state index < -0.39 is 0 Å². The lowest BCUT2D eigenvalue weighted by atomic mass is 10.1. The maximum absolute atomic E-state index is 12.2. The van der Waals surface area contributed by atoms with E-state index in [4.69, 9.17) is 14.5 Å². The van der Waals surface area contributed by atoms with Crippen LogP contribution in [0.4, 0.5) is 0 Å². The molecule has 0 saturated heterocycles. The van der Waals surface area contributed by atoms with Crippen LogP contribution in [-0.4, -0.2) is 35.7 Å². The van der Waals surface area contributed by atoms with Gasteiger partial charge in [-0.05, 0) is 47.7 Å². The fourth-order valence-electron chi connectivity index (χ4n) is 3.72. The highest BCUT2D eigenvalue weighted by Crippen LogP contribution is 2.28. The molecular formula is C26H27N3O3S. The Balaban J connectivity index is 1.43. The van der Waals surface area contributed by atoms with Crippen LogP contribution in [0.5, 0.6) is 11.5 Å². The Labute approximate surface area is 197 Å². The van der Waals surface area contributed by atoms with Gasteiger partial charge in [0.15, 0.2) is 11.5 Å². The predicted molar refractivity (Wildman–Crippen MR) is 132 cm³/mol. The van der Waals surface area contributed by atoms with Crippen molar-refractivity contribution >= 4 is 28.3 Å². The lowest BCUT2D eigenvalue weighted by Crippen LogP contribution is -2.26. The lowest BCUT2D eigenvalue weighted by Gasteiger charge is -2.14. The number of benzene rings is 2. The number of fused-ring (bicyclic) bond motifs is 1. The number of methoxy groups -OCH3 is 1. The number of amides is 1. The van der Waals surface area contributed by atoms with E-state index in [1.807, 2.05) is 60.0 Å². The number of imidazole rings is 1. The standard InChI is InChI=1S/C26H27N3O3S/c1-3-7-19-11-12-22(23(18-19)31-2)32-16-15-29-21-9-5-4-8-20(21)28-25(29)13-14-27-26(30)24-10-6-17-33-24/h3-6,8-12,17-18H,1,7,13-16H2,2H3,(H,27,30). The van der Waals surface area contributed by atoms with Crippen LogP contribution in [0.15, 0.2) is 72.6 Å². The molecule has 0 spiro atoms. The maximum Gasteiger partial charge on any atom is 0.261 e. The van der Waals surface area contributed by atoms with Crippen LogP contribution in [0.2, 0.25) is 0 Å². The molecule has 0 saturated carbocycles. The van der Waals surface area contributed by atoms with Crippen molar-refractivity contribution in [3.8, 4) is 11.5 Å². The Morgan fingerprint density at radius 3 is 2.85 bits per heavy atom. The molecule has 2 heterocycles. The van der Waals surface area contributed by atoms with Gasteiger partial charge in [-0.1, -0.05) is 30.3 Å². The van der Waals surface area contributed by atoms with Crippen LogP contribution in [0.3, 0.4) is 0 Å². The number of rotatable bonds is 11. The van der Waals surface area contributed by atoms with E-state index in [2.05, 4.69) is 22.5 Å². The molecule has 1 amide bonds. The normalized spacial score (nSPS) is 10.8. The van der Waals surface area contributed by atoms with Crippen LogP contribution < -0.4 is 14.8 Å². The van der Waals surface area contributed by atoms with Gasteiger partial charge < -0.3 is 19.4 Å². The molecule has 7 heteroatoms. The van der Waals surface area contributed by atoms with Crippen molar-refractivity contribution in [1.29, 1.82) is 0 Å². The van der Waals surface area contributed by atoms with Crippen LogP contribution in [0, 0.1) is 0 Å². The van der Waals surface area contributed by atoms with Crippen molar-refractivity contribution in [3.05, 3.63) is 88.9 Å². The van der Waals surface area contributed by atoms with E-state index in [1.165, 1.54) is 11.3 Å². The number of ether oxygens (including phenoxy) is 2. The van der Waals surface area contributed by atoms with E-state index in [1.54, 1.807) is 7.11 Å². The quantitative estimate of drug-likeness (QED) is 0.323. The fourth-order valence-corrected chi connectivity index (χ4v) is 4.36. The van der Waals surface area contributed by atoms with Gasteiger partial charge in [-0.3, -0.25) is 4.79 Å². The highest BCUT2D eigenvalue weighted by Gasteiger charge is 2.13. The third kappa shape index (κ3) is 5.43. The topological polar surface area (TPSA) is 65.4 Å². The minimum Gasteiger partial charge on any atom is -0.493 e. The highest BCUT2D eigenvalue weighted by atomic mass is 32.1. The van der Waals surface area contributed by atoms with Crippen molar-refractivity contribution in [2.75, 3.05) is 20.3 Å². The summed E-state index contributed by atoms with van der Waals surface area (Å²) in [6.07, 6.45) is 3.28. The molecule has 0 fully saturated rings. The molecule has 170 valence electrons. The van der Waals surface area contributed by atoms with Crippen LogP contribution in [-0.2, 0) is 19.4 Å². The van der Waals surface area contributed by atoms with Crippen LogP contribution in [0.1, 0.15) is 21.1 Å². The maximum atomic E-state index is 12.2. The van der Waals surface area contributed by atoms with Crippen molar-refractivity contribution < 1.29 is 14.3 Å². The fraction of sp³-hybridized carbons (Fsp3) is 0.231. The number of allylic oxidation sites excluding steroid dienone is 1. The summed E-state index contributed by atoms with van der Waals surface area (Å²) in [7, 11) is 1.64. The van der Waals surface area contributed by atoms with E-state index >= 15 is 0 Å². The summed E-state index contributed by atoms with van der Waals surface area (Å²) < 4.78 is 13.7. The molecule has 4 rings (SSSR count). The Kier molecular flexibility index (Phi) is 7.42. The second-order valence-electron chi connectivity index (χ2n) is 7.48. The second kappa shape index (κ2) is 10.8. The molecule has 0 aliphatic heterocycles. The lowest BCUT2D eigenvalue weighted by molar-refractivity contribution is 0.0958. The van der Waals surface area contributed by atoms with E-state index in [-0.39, 0.29) is 5.91 Å². The second-order valence-corrected chi connectivity index (χ2v) is 8.43. The first kappa shape index (κ1) is 22.6. The Bertz CT molecular complexity index is 1230. The number of carbonyl (C=O) groups is 1. The van der Waals surface area contributed by atoms with E-state index in [0.29, 0.717) is 42.5 Å². The predicted octanol–water partition coefficient (Wildman–Crippen LogP) is 4.89. The molecule has 0 radical (unpaired) electrons. The molecule has 0 aliphatic carbocycles. The third-order valence-corrected chi connectivity index (χ3v) is 6.16. The molecule has 33 heavy (non-hydrogen) atoms. The Morgan fingerprint density at radius 2 is 2.06 bits per heavy atom. The summed E-state index contributed by atoms with van der Waals surface area (Å²) >= 11 is 1.44. The van der Waals surface area contributed by atoms with Crippen molar-refractivity contribution in [2.45, 2.75) is 19.4 Å². The van der Waals surface area contributed by atoms with Gasteiger partial charge in [-0.15, -0.1) is 17.9 Å². The molecule has 0 atom stereocenters. The molecular weight excluding hydrogens is 434 g/mol. The van der Waals surface area contributed by atoms with Gasteiger partial charge in [-0.25, -0.2) is 4.98 Å². The van der Waals surface area contributed by atoms with Crippen molar-refractivity contribution in [2.24, 2.45) is 0 Å². The minimum absolute atomic E-state index is 0.0528. The van der Waals surface area contributed by atoms with Gasteiger partial charge >= 0.3 is 0 Å². The van der Waals surface area contributed by atoms with E-state index in [9.17, 15) is 4.79 Å². The monoisotopic (exact) mass is 461 g/mol. The van der Waals surface area contributed by atoms with Crippen LogP contribution in [0.25, 0.3) is 11.0 Å². The molecule has 2 aromatic carbocycles. The van der Waals surface area contributed by atoms with Gasteiger partial charge in [0.2, 0.25) is 0 Å². The zero-order valence-electron chi connectivity index (χ0n) is 18.6. The molecule has 2 aromatic heterocycles. The average Bonchev–Trinajstić information content (AvgIpc) is 3.49. The van der Waals surface area contributed by atoms with E-state index in [0.717, 1.165) is 28.8 Å². The van der Waals surface area contributed by atoms with Gasteiger partial charge in [0.1, 0.15) is 12.4 Å². The van der Waals surface area contributed by atoms with Crippen LogP contribution >= 0.6 is 11.3 Å². The van der Waals surface area contributed by atoms with Gasteiger partial charge in [0.25, 0.3) is 5.91 Å². The number of nitrogens with zero attached hydrogens (tertiary/aromatic N) is 2. The molecule has 0 unspecified atom stereocenters. The summed E-state index contributed by atoms with van der Waals surface area (Å²) in [4.78, 5) is 17.7. The molecule has 4 aromatic rings. The molecule has 1 N–H and O–H groups in total. The summed E-state index contributed by atoms with van der Waals surface area (Å²) in [6, 6.07) is 17.7. The number of nitrogens with one attached hydrogen (secondary N) is 1.